The smallest absolute Gasteiger partial charge is 0.0769 e. The van der Waals surface area contributed by atoms with Gasteiger partial charge in [-0.05, 0) is 48.9 Å². The summed E-state index contributed by atoms with van der Waals surface area (Å²) in [4.78, 5) is 0. The van der Waals surface area contributed by atoms with E-state index in [1.165, 1.54) is 29.5 Å². The summed E-state index contributed by atoms with van der Waals surface area (Å²) in [5.74, 6) is 0. The number of nitrogens with one attached hydrogen (secondary N) is 1. The molecule has 0 radical (unpaired) electrons. The van der Waals surface area contributed by atoms with Crippen LogP contribution in [0.4, 0.5) is 0 Å². The molecule has 1 aromatic carbocycles. The molecule has 3 nitrogen and oxygen atoms in total. The van der Waals surface area contributed by atoms with Crippen molar-refractivity contribution in [3.8, 4) is 0 Å². The van der Waals surface area contributed by atoms with Gasteiger partial charge in [-0.2, -0.15) is 0 Å². The van der Waals surface area contributed by atoms with E-state index in [4.69, 9.17) is 9.47 Å². The molecule has 0 aliphatic carbocycles. The highest BCUT2D eigenvalue weighted by atomic mass is 16.5. The van der Waals surface area contributed by atoms with Gasteiger partial charge in [-0.1, -0.05) is 25.1 Å². The largest absolute Gasteiger partial charge is 0.376 e. The van der Waals surface area contributed by atoms with Gasteiger partial charge in [0.2, 0.25) is 0 Å². The van der Waals surface area contributed by atoms with Crippen molar-refractivity contribution in [1.29, 1.82) is 0 Å². The highest BCUT2D eigenvalue weighted by molar-refractivity contribution is 5.35. The maximum atomic E-state index is 6.02. The van der Waals surface area contributed by atoms with Crippen LogP contribution in [0.25, 0.3) is 0 Å². The molecule has 0 aromatic heterocycles. The summed E-state index contributed by atoms with van der Waals surface area (Å²) in [7, 11) is 0. The fourth-order valence-electron chi connectivity index (χ4n) is 3.18. The molecule has 2 atom stereocenters. The van der Waals surface area contributed by atoms with Gasteiger partial charge in [-0.15, -0.1) is 0 Å². The van der Waals surface area contributed by atoms with Crippen molar-refractivity contribution in [2.24, 2.45) is 0 Å². The van der Waals surface area contributed by atoms with E-state index in [9.17, 15) is 0 Å². The molecular formula is C17H25NO2. The molecule has 0 spiro atoms. The van der Waals surface area contributed by atoms with Gasteiger partial charge in [0, 0.05) is 6.61 Å². The number of fused-ring (bicyclic) bond motifs is 1. The second-order valence-corrected chi connectivity index (χ2v) is 5.86. The first-order chi connectivity index (χ1) is 9.88. The number of ether oxygens (including phenoxy) is 2. The molecule has 1 saturated heterocycles. The van der Waals surface area contributed by atoms with Gasteiger partial charge >= 0.3 is 0 Å². The van der Waals surface area contributed by atoms with Crippen LogP contribution in [0.2, 0.25) is 0 Å². The molecular weight excluding hydrogens is 250 g/mol. The van der Waals surface area contributed by atoms with Crippen LogP contribution in [-0.2, 0) is 22.7 Å². The third-order valence-electron chi connectivity index (χ3n) is 4.31. The van der Waals surface area contributed by atoms with E-state index >= 15 is 0 Å². The Morgan fingerprint density at radius 2 is 2.15 bits per heavy atom. The van der Waals surface area contributed by atoms with Crippen LogP contribution in [0.15, 0.2) is 18.2 Å². The van der Waals surface area contributed by atoms with Crippen LogP contribution in [0.3, 0.4) is 0 Å². The third kappa shape index (κ3) is 3.05. The highest BCUT2D eigenvalue weighted by Crippen LogP contribution is 2.29. The van der Waals surface area contributed by atoms with E-state index in [2.05, 4.69) is 30.4 Å². The Kier molecular flexibility index (Phi) is 4.71. The molecule has 0 amide bonds. The summed E-state index contributed by atoms with van der Waals surface area (Å²) >= 11 is 0. The summed E-state index contributed by atoms with van der Waals surface area (Å²) in [5, 5.41) is 3.68. The summed E-state index contributed by atoms with van der Waals surface area (Å²) in [5.41, 5.74) is 4.05. The zero-order chi connectivity index (χ0) is 13.8. The molecule has 1 fully saturated rings. The third-order valence-corrected chi connectivity index (χ3v) is 4.31. The topological polar surface area (TPSA) is 30.5 Å². The van der Waals surface area contributed by atoms with Crippen molar-refractivity contribution in [1.82, 2.24) is 5.32 Å². The van der Waals surface area contributed by atoms with Crippen LogP contribution in [-0.4, -0.2) is 19.3 Å². The monoisotopic (exact) mass is 275 g/mol. The number of rotatable bonds is 5. The number of hydrogen-bond acceptors (Lipinski definition) is 3. The average molecular weight is 275 g/mol. The fraction of sp³-hybridized carbons (Fsp3) is 0.647. The van der Waals surface area contributed by atoms with Crippen LogP contribution in [0, 0.1) is 0 Å². The average Bonchev–Trinajstić information content (AvgIpc) is 2.96. The maximum Gasteiger partial charge on any atom is 0.0769 e. The van der Waals surface area contributed by atoms with Crippen molar-refractivity contribution in [3.05, 3.63) is 34.9 Å². The number of hydrogen-bond donors (Lipinski definition) is 1. The van der Waals surface area contributed by atoms with Gasteiger partial charge in [-0.3, -0.25) is 0 Å². The van der Waals surface area contributed by atoms with Crippen molar-refractivity contribution in [2.75, 3.05) is 13.2 Å². The van der Waals surface area contributed by atoms with Crippen LogP contribution in [0.1, 0.15) is 55.3 Å². The summed E-state index contributed by atoms with van der Waals surface area (Å²) in [6.45, 7) is 5.68. The zero-order valence-corrected chi connectivity index (χ0v) is 12.4. The lowest BCUT2D eigenvalue weighted by Crippen LogP contribution is -2.36. The Bertz CT molecular complexity index is 441. The Hall–Kier alpha value is -0.900. The standard InChI is InChI=1S/C17H25NO2/c1-2-8-18-17(16-5-3-4-9-20-16)13-6-7-14-11-19-12-15(14)10-13/h6-7,10,16-18H,2-5,8-9,11-12H2,1H3. The summed E-state index contributed by atoms with van der Waals surface area (Å²) in [6, 6.07) is 7.11. The molecule has 3 rings (SSSR count). The van der Waals surface area contributed by atoms with E-state index < -0.39 is 0 Å². The van der Waals surface area contributed by atoms with Crippen molar-refractivity contribution in [2.45, 2.75) is 58.0 Å². The minimum atomic E-state index is 0.315. The molecule has 0 bridgehead atoms. The molecule has 1 N–H and O–H groups in total. The first-order valence-electron chi connectivity index (χ1n) is 7.93. The Morgan fingerprint density at radius 1 is 1.25 bits per heavy atom. The SMILES string of the molecule is CCCNC(c1ccc2c(c1)COC2)C1CCCCO1. The van der Waals surface area contributed by atoms with Gasteiger partial charge in [0.05, 0.1) is 25.4 Å². The molecule has 2 aliphatic rings. The predicted octanol–water partition coefficient (Wildman–Crippen LogP) is 3.33. The lowest BCUT2D eigenvalue weighted by molar-refractivity contribution is -0.00817. The molecule has 2 heterocycles. The highest BCUT2D eigenvalue weighted by Gasteiger charge is 2.26. The Labute approximate surface area is 121 Å². The maximum absolute atomic E-state index is 6.02. The minimum Gasteiger partial charge on any atom is -0.376 e. The Balaban J connectivity index is 1.80. The van der Waals surface area contributed by atoms with Crippen LogP contribution >= 0.6 is 0 Å². The molecule has 110 valence electrons. The van der Waals surface area contributed by atoms with Crippen LogP contribution < -0.4 is 5.32 Å². The summed E-state index contributed by atoms with van der Waals surface area (Å²) in [6.07, 6.45) is 5.11. The van der Waals surface area contributed by atoms with E-state index in [-0.39, 0.29) is 0 Å². The van der Waals surface area contributed by atoms with E-state index in [1.54, 1.807) is 0 Å². The van der Waals surface area contributed by atoms with E-state index in [0.717, 1.165) is 39.2 Å². The molecule has 0 saturated carbocycles. The quantitative estimate of drug-likeness (QED) is 0.894. The van der Waals surface area contributed by atoms with E-state index in [1.807, 2.05) is 0 Å². The van der Waals surface area contributed by atoms with Gasteiger partial charge in [0.15, 0.2) is 0 Å². The van der Waals surface area contributed by atoms with Gasteiger partial charge in [0.25, 0.3) is 0 Å². The molecule has 3 heteroatoms. The molecule has 20 heavy (non-hydrogen) atoms. The lowest BCUT2D eigenvalue weighted by Gasteiger charge is -2.32. The van der Waals surface area contributed by atoms with Gasteiger partial charge in [-0.25, -0.2) is 0 Å². The molecule has 1 aromatic rings. The normalized spacial score (nSPS) is 23.6. The van der Waals surface area contributed by atoms with Crippen molar-refractivity contribution < 1.29 is 9.47 Å². The first kappa shape index (κ1) is 14.1. The second-order valence-electron chi connectivity index (χ2n) is 5.86. The van der Waals surface area contributed by atoms with Crippen molar-refractivity contribution in [3.63, 3.8) is 0 Å². The molecule has 2 unspecified atom stereocenters. The zero-order valence-electron chi connectivity index (χ0n) is 12.4. The molecule has 2 aliphatic heterocycles. The number of benzene rings is 1. The predicted molar refractivity (Wildman–Crippen MR) is 79.6 cm³/mol. The lowest BCUT2D eigenvalue weighted by atomic mass is 9.93. The fourth-order valence-corrected chi connectivity index (χ4v) is 3.18. The van der Waals surface area contributed by atoms with E-state index in [0.29, 0.717) is 12.1 Å². The van der Waals surface area contributed by atoms with Gasteiger partial charge < -0.3 is 14.8 Å². The Morgan fingerprint density at radius 3 is 2.95 bits per heavy atom. The minimum absolute atomic E-state index is 0.315. The van der Waals surface area contributed by atoms with Gasteiger partial charge in [0.1, 0.15) is 0 Å². The van der Waals surface area contributed by atoms with Crippen molar-refractivity contribution >= 4 is 0 Å². The second kappa shape index (κ2) is 6.70. The van der Waals surface area contributed by atoms with Crippen LogP contribution in [0.5, 0.6) is 0 Å². The summed E-state index contributed by atoms with van der Waals surface area (Å²) < 4.78 is 11.5. The first-order valence-corrected chi connectivity index (χ1v) is 7.93.